The summed E-state index contributed by atoms with van der Waals surface area (Å²) in [5.74, 6) is 0.0572. The summed E-state index contributed by atoms with van der Waals surface area (Å²) in [5.41, 5.74) is 0. The van der Waals surface area contributed by atoms with Gasteiger partial charge in [0.25, 0.3) is 0 Å². The van der Waals surface area contributed by atoms with E-state index in [1.165, 1.54) is 0 Å². The standard InChI is InChI=1S/C11H24N2O2/c1-9(2)12-6-8-15-7-5-11(14)13-10(3)4/h9-10,12H,5-8H2,1-4H3,(H,13,14). The van der Waals surface area contributed by atoms with E-state index < -0.39 is 0 Å². The molecule has 0 heterocycles. The Balaban J connectivity index is 3.20. The Bertz CT molecular complexity index is 170. The molecule has 0 saturated carbocycles. The smallest absolute Gasteiger partial charge is 0.222 e. The highest BCUT2D eigenvalue weighted by Crippen LogP contribution is 1.86. The molecule has 0 aromatic rings. The zero-order valence-electron chi connectivity index (χ0n) is 10.3. The lowest BCUT2D eigenvalue weighted by Crippen LogP contribution is -2.31. The molecular weight excluding hydrogens is 192 g/mol. The summed E-state index contributed by atoms with van der Waals surface area (Å²) >= 11 is 0. The molecule has 15 heavy (non-hydrogen) atoms. The molecule has 0 radical (unpaired) electrons. The van der Waals surface area contributed by atoms with Crippen molar-refractivity contribution in [2.75, 3.05) is 19.8 Å². The molecule has 90 valence electrons. The number of nitrogens with one attached hydrogen (secondary N) is 2. The largest absolute Gasteiger partial charge is 0.380 e. The lowest BCUT2D eigenvalue weighted by molar-refractivity contribution is -0.122. The second kappa shape index (κ2) is 8.68. The third-order valence-electron chi connectivity index (χ3n) is 1.72. The third-order valence-corrected chi connectivity index (χ3v) is 1.72. The van der Waals surface area contributed by atoms with Gasteiger partial charge in [-0.15, -0.1) is 0 Å². The molecular formula is C11H24N2O2. The molecule has 4 heteroatoms. The second-order valence-corrected chi connectivity index (χ2v) is 4.19. The van der Waals surface area contributed by atoms with E-state index in [1.54, 1.807) is 0 Å². The molecule has 0 fully saturated rings. The number of hydrogen-bond acceptors (Lipinski definition) is 3. The summed E-state index contributed by atoms with van der Waals surface area (Å²) in [7, 11) is 0. The zero-order valence-corrected chi connectivity index (χ0v) is 10.3. The Labute approximate surface area is 92.8 Å². The lowest BCUT2D eigenvalue weighted by atomic mass is 10.3. The summed E-state index contributed by atoms with van der Waals surface area (Å²) < 4.78 is 5.31. The van der Waals surface area contributed by atoms with Crippen LogP contribution >= 0.6 is 0 Å². The van der Waals surface area contributed by atoms with Crippen molar-refractivity contribution in [3.8, 4) is 0 Å². The zero-order chi connectivity index (χ0) is 11.7. The quantitative estimate of drug-likeness (QED) is 0.593. The first-order valence-electron chi connectivity index (χ1n) is 5.63. The molecule has 0 aliphatic carbocycles. The third kappa shape index (κ3) is 11.3. The maximum absolute atomic E-state index is 11.2. The van der Waals surface area contributed by atoms with Crippen LogP contribution < -0.4 is 10.6 Å². The van der Waals surface area contributed by atoms with Crippen LogP contribution in [0.25, 0.3) is 0 Å². The number of hydrogen-bond donors (Lipinski definition) is 2. The Kier molecular flexibility index (Phi) is 8.33. The van der Waals surface area contributed by atoms with E-state index >= 15 is 0 Å². The predicted molar refractivity (Wildman–Crippen MR) is 61.9 cm³/mol. The van der Waals surface area contributed by atoms with Crippen LogP contribution in [0.2, 0.25) is 0 Å². The predicted octanol–water partition coefficient (Wildman–Crippen LogP) is 0.916. The van der Waals surface area contributed by atoms with Crippen LogP contribution in [0, 0.1) is 0 Å². The first-order chi connectivity index (χ1) is 7.02. The van der Waals surface area contributed by atoms with Crippen LogP contribution in [0.4, 0.5) is 0 Å². The minimum atomic E-state index is 0.0572. The van der Waals surface area contributed by atoms with Gasteiger partial charge in [-0.05, 0) is 13.8 Å². The summed E-state index contributed by atoms with van der Waals surface area (Å²) in [6.45, 7) is 10.1. The van der Waals surface area contributed by atoms with E-state index in [2.05, 4.69) is 24.5 Å². The van der Waals surface area contributed by atoms with Gasteiger partial charge in [0.05, 0.1) is 13.2 Å². The van der Waals surface area contributed by atoms with Crippen molar-refractivity contribution < 1.29 is 9.53 Å². The molecule has 0 aromatic heterocycles. The van der Waals surface area contributed by atoms with E-state index in [1.807, 2.05) is 13.8 Å². The maximum atomic E-state index is 11.2. The molecule has 0 saturated heterocycles. The maximum Gasteiger partial charge on any atom is 0.222 e. The van der Waals surface area contributed by atoms with E-state index in [0.717, 1.165) is 6.54 Å². The molecule has 0 aromatic carbocycles. The number of carbonyl (C=O) groups excluding carboxylic acids is 1. The molecule has 0 atom stereocenters. The van der Waals surface area contributed by atoms with Crippen molar-refractivity contribution in [2.24, 2.45) is 0 Å². The number of rotatable bonds is 8. The number of ether oxygens (including phenoxy) is 1. The fraction of sp³-hybridized carbons (Fsp3) is 0.909. The summed E-state index contributed by atoms with van der Waals surface area (Å²) in [5, 5.41) is 6.06. The lowest BCUT2D eigenvalue weighted by Gasteiger charge is -2.10. The van der Waals surface area contributed by atoms with Crippen LogP contribution in [-0.4, -0.2) is 37.7 Å². The van der Waals surface area contributed by atoms with Gasteiger partial charge in [0.15, 0.2) is 0 Å². The SMILES string of the molecule is CC(C)NCCOCCC(=O)NC(C)C. The summed E-state index contributed by atoms with van der Waals surface area (Å²) in [6, 6.07) is 0.693. The van der Waals surface area contributed by atoms with Gasteiger partial charge in [-0.1, -0.05) is 13.8 Å². The second-order valence-electron chi connectivity index (χ2n) is 4.19. The molecule has 0 bridgehead atoms. The first-order valence-corrected chi connectivity index (χ1v) is 5.63. The van der Waals surface area contributed by atoms with Crippen LogP contribution in [0.5, 0.6) is 0 Å². The Morgan fingerprint density at radius 1 is 1.13 bits per heavy atom. The summed E-state index contributed by atoms with van der Waals surface area (Å²) in [4.78, 5) is 11.2. The van der Waals surface area contributed by atoms with Gasteiger partial charge in [-0.25, -0.2) is 0 Å². The Morgan fingerprint density at radius 3 is 2.33 bits per heavy atom. The van der Waals surface area contributed by atoms with Gasteiger partial charge >= 0.3 is 0 Å². The van der Waals surface area contributed by atoms with Crippen molar-refractivity contribution in [2.45, 2.75) is 46.2 Å². The van der Waals surface area contributed by atoms with Crippen molar-refractivity contribution in [1.82, 2.24) is 10.6 Å². The van der Waals surface area contributed by atoms with Crippen LogP contribution in [0.15, 0.2) is 0 Å². The van der Waals surface area contributed by atoms with Gasteiger partial charge in [-0.2, -0.15) is 0 Å². The molecule has 4 nitrogen and oxygen atoms in total. The van der Waals surface area contributed by atoms with Crippen LogP contribution in [0.1, 0.15) is 34.1 Å². The topological polar surface area (TPSA) is 50.4 Å². The van der Waals surface area contributed by atoms with E-state index in [9.17, 15) is 4.79 Å². The van der Waals surface area contributed by atoms with E-state index in [-0.39, 0.29) is 11.9 Å². The number of amides is 1. The molecule has 2 N–H and O–H groups in total. The highest BCUT2D eigenvalue weighted by Gasteiger charge is 2.02. The normalized spacial score (nSPS) is 11.1. The molecule has 1 amide bonds. The molecule has 0 aliphatic heterocycles. The number of carbonyl (C=O) groups is 1. The minimum absolute atomic E-state index is 0.0572. The highest BCUT2D eigenvalue weighted by molar-refractivity contribution is 5.76. The average Bonchev–Trinajstić information content (AvgIpc) is 2.09. The summed E-state index contributed by atoms with van der Waals surface area (Å²) in [6.07, 6.45) is 0.444. The Morgan fingerprint density at radius 2 is 1.80 bits per heavy atom. The van der Waals surface area contributed by atoms with Crippen molar-refractivity contribution >= 4 is 5.91 Å². The highest BCUT2D eigenvalue weighted by atomic mass is 16.5. The van der Waals surface area contributed by atoms with Crippen molar-refractivity contribution in [1.29, 1.82) is 0 Å². The fourth-order valence-electron chi connectivity index (χ4n) is 1.08. The molecule has 0 aliphatic rings. The minimum Gasteiger partial charge on any atom is -0.380 e. The van der Waals surface area contributed by atoms with Crippen molar-refractivity contribution in [3.63, 3.8) is 0 Å². The van der Waals surface area contributed by atoms with Crippen LogP contribution in [-0.2, 0) is 9.53 Å². The van der Waals surface area contributed by atoms with Crippen molar-refractivity contribution in [3.05, 3.63) is 0 Å². The van der Waals surface area contributed by atoms with Gasteiger partial charge in [-0.3, -0.25) is 4.79 Å². The first kappa shape index (κ1) is 14.4. The van der Waals surface area contributed by atoms with Gasteiger partial charge < -0.3 is 15.4 Å². The van der Waals surface area contributed by atoms with Gasteiger partial charge in [0, 0.05) is 25.0 Å². The molecule has 0 unspecified atom stereocenters. The van der Waals surface area contributed by atoms with E-state index in [0.29, 0.717) is 25.7 Å². The Hall–Kier alpha value is -0.610. The van der Waals surface area contributed by atoms with E-state index in [4.69, 9.17) is 4.74 Å². The molecule has 0 rings (SSSR count). The van der Waals surface area contributed by atoms with Gasteiger partial charge in [0.1, 0.15) is 0 Å². The average molecular weight is 216 g/mol. The fourth-order valence-corrected chi connectivity index (χ4v) is 1.08. The van der Waals surface area contributed by atoms with Gasteiger partial charge in [0.2, 0.25) is 5.91 Å². The monoisotopic (exact) mass is 216 g/mol. The van der Waals surface area contributed by atoms with Crippen LogP contribution in [0.3, 0.4) is 0 Å². The molecule has 0 spiro atoms.